The number of piperidine rings is 1. The number of benzene rings is 1. The second-order valence-corrected chi connectivity index (χ2v) is 9.16. The number of hydrogen-bond donors (Lipinski definition) is 2. The molecule has 2 N–H and O–H groups in total. The average Bonchev–Trinajstić information content (AvgIpc) is 2.48. The van der Waals surface area contributed by atoms with Crippen molar-refractivity contribution in [3.05, 3.63) is 24.3 Å². The number of anilines is 1. The lowest BCUT2D eigenvalue weighted by Crippen LogP contribution is -2.44. The number of urea groups is 1. The third kappa shape index (κ3) is 5.74. The topological polar surface area (TPSA) is 52.6 Å². The molecule has 0 unspecified atom stereocenters. The smallest absolute Gasteiger partial charge is 0.321 e. The van der Waals surface area contributed by atoms with Crippen LogP contribution in [0.1, 0.15) is 40.5 Å². The molecule has 5 heteroatoms. The molecule has 1 aliphatic rings. The Labute approximate surface area is 143 Å². The Bertz CT molecular complexity index is 523. The van der Waals surface area contributed by atoms with Crippen molar-refractivity contribution in [1.29, 1.82) is 0 Å². The van der Waals surface area contributed by atoms with Gasteiger partial charge in [-0.05, 0) is 44.0 Å². The number of carbonyl (C=O) groups is 1. The molecule has 0 radical (unpaired) electrons. The van der Waals surface area contributed by atoms with Gasteiger partial charge in [0.05, 0.1) is 6.10 Å². The first kappa shape index (κ1) is 18.1. The summed E-state index contributed by atoms with van der Waals surface area (Å²) < 4.78 is 0.175. The molecule has 1 saturated heterocycles. The van der Waals surface area contributed by atoms with Gasteiger partial charge >= 0.3 is 6.03 Å². The third-order valence-corrected chi connectivity index (χ3v) is 5.08. The SMILES string of the molecule is C[C@@H](O)[C@@H]1CCCN(C(=O)Nc2ccc(SC(C)(C)C)cc2)C1. The molecule has 2 amide bonds. The molecule has 1 aromatic carbocycles. The van der Waals surface area contributed by atoms with E-state index in [1.807, 2.05) is 36.0 Å². The quantitative estimate of drug-likeness (QED) is 0.813. The Hall–Kier alpha value is -1.20. The molecule has 1 fully saturated rings. The van der Waals surface area contributed by atoms with Crippen LogP contribution in [-0.4, -0.2) is 40.0 Å². The summed E-state index contributed by atoms with van der Waals surface area (Å²) in [5.74, 6) is 0.181. The molecule has 0 aliphatic carbocycles. The fraction of sp³-hybridized carbons (Fsp3) is 0.611. The monoisotopic (exact) mass is 336 g/mol. The van der Waals surface area contributed by atoms with Crippen molar-refractivity contribution < 1.29 is 9.90 Å². The van der Waals surface area contributed by atoms with Gasteiger partial charge in [0.15, 0.2) is 0 Å². The molecule has 4 nitrogen and oxygen atoms in total. The van der Waals surface area contributed by atoms with Crippen LogP contribution in [0.2, 0.25) is 0 Å². The van der Waals surface area contributed by atoms with Crippen LogP contribution in [0.15, 0.2) is 29.2 Å². The maximum Gasteiger partial charge on any atom is 0.321 e. The van der Waals surface area contributed by atoms with Crippen molar-refractivity contribution in [2.45, 2.75) is 56.3 Å². The van der Waals surface area contributed by atoms with E-state index in [-0.39, 0.29) is 22.8 Å². The second kappa shape index (κ2) is 7.58. The standard InChI is InChI=1S/C18H28N2O2S/c1-13(21)14-6-5-11-20(12-14)17(22)19-15-7-9-16(10-8-15)23-18(2,3)4/h7-10,13-14,21H,5-6,11-12H2,1-4H3,(H,19,22)/t13-,14-/m1/s1. The number of carbonyl (C=O) groups excluding carboxylic acids is 1. The zero-order chi connectivity index (χ0) is 17.0. The van der Waals surface area contributed by atoms with Gasteiger partial charge in [-0.15, -0.1) is 11.8 Å². The van der Waals surface area contributed by atoms with Crippen molar-refractivity contribution in [3.8, 4) is 0 Å². The van der Waals surface area contributed by atoms with E-state index >= 15 is 0 Å². The van der Waals surface area contributed by atoms with Gasteiger partial charge in [0, 0.05) is 34.3 Å². The number of nitrogens with zero attached hydrogens (tertiary/aromatic N) is 1. The van der Waals surface area contributed by atoms with Crippen LogP contribution in [0.5, 0.6) is 0 Å². The van der Waals surface area contributed by atoms with Gasteiger partial charge in [0.2, 0.25) is 0 Å². The summed E-state index contributed by atoms with van der Waals surface area (Å²) in [7, 11) is 0. The lowest BCUT2D eigenvalue weighted by molar-refractivity contribution is 0.0766. The minimum Gasteiger partial charge on any atom is -0.393 e. The number of nitrogens with one attached hydrogen (secondary N) is 1. The van der Waals surface area contributed by atoms with E-state index in [1.54, 1.807) is 11.8 Å². The van der Waals surface area contributed by atoms with Crippen molar-refractivity contribution in [1.82, 2.24) is 4.90 Å². The van der Waals surface area contributed by atoms with Crippen LogP contribution in [0.4, 0.5) is 10.5 Å². The Morgan fingerprint density at radius 2 is 2.00 bits per heavy atom. The second-order valence-electron chi connectivity index (χ2n) is 7.26. The Morgan fingerprint density at radius 3 is 2.57 bits per heavy atom. The zero-order valence-corrected chi connectivity index (χ0v) is 15.3. The van der Waals surface area contributed by atoms with Gasteiger partial charge in [-0.1, -0.05) is 20.8 Å². The molecule has 1 heterocycles. The lowest BCUT2D eigenvalue weighted by Gasteiger charge is -2.34. The molecule has 0 bridgehead atoms. The van der Waals surface area contributed by atoms with Crippen molar-refractivity contribution in [2.75, 3.05) is 18.4 Å². The van der Waals surface area contributed by atoms with Crippen LogP contribution >= 0.6 is 11.8 Å². The van der Waals surface area contributed by atoms with Crippen molar-refractivity contribution in [2.24, 2.45) is 5.92 Å². The van der Waals surface area contributed by atoms with Gasteiger partial charge in [-0.25, -0.2) is 4.79 Å². The molecule has 2 atom stereocenters. The van der Waals surface area contributed by atoms with Crippen LogP contribution in [0.3, 0.4) is 0 Å². The van der Waals surface area contributed by atoms with Gasteiger partial charge < -0.3 is 15.3 Å². The molecule has 0 aromatic heterocycles. The molecule has 2 rings (SSSR count). The van der Waals surface area contributed by atoms with Crippen LogP contribution in [-0.2, 0) is 0 Å². The molecule has 0 spiro atoms. The molecule has 0 saturated carbocycles. The van der Waals surface area contributed by atoms with Crippen LogP contribution in [0, 0.1) is 5.92 Å². The highest BCUT2D eigenvalue weighted by molar-refractivity contribution is 8.00. The van der Waals surface area contributed by atoms with Gasteiger partial charge in [-0.2, -0.15) is 0 Å². The fourth-order valence-corrected chi connectivity index (χ4v) is 3.73. The van der Waals surface area contributed by atoms with Gasteiger partial charge in [0.25, 0.3) is 0 Å². The molecule has 23 heavy (non-hydrogen) atoms. The van der Waals surface area contributed by atoms with E-state index in [9.17, 15) is 9.90 Å². The highest BCUT2D eigenvalue weighted by Crippen LogP contribution is 2.32. The number of aliphatic hydroxyl groups is 1. The predicted octanol–water partition coefficient (Wildman–Crippen LogP) is 4.20. The van der Waals surface area contributed by atoms with E-state index < -0.39 is 0 Å². The van der Waals surface area contributed by atoms with Gasteiger partial charge in [0.1, 0.15) is 0 Å². The predicted molar refractivity (Wildman–Crippen MR) is 97.0 cm³/mol. The first-order valence-corrected chi connectivity index (χ1v) is 9.09. The summed E-state index contributed by atoms with van der Waals surface area (Å²) in [5.41, 5.74) is 0.812. The third-order valence-electron chi connectivity index (χ3n) is 3.96. The van der Waals surface area contributed by atoms with Crippen molar-refractivity contribution in [3.63, 3.8) is 0 Å². The van der Waals surface area contributed by atoms with E-state index in [0.29, 0.717) is 6.54 Å². The Balaban J connectivity index is 1.92. The minimum atomic E-state index is -0.362. The molecule has 1 aliphatic heterocycles. The Morgan fingerprint density at radius 1 is 1.35 bits per heavy atom. The number of likely N-dealkylation sites (tertiary alicyclic amines) is 1. The van der Waals surface area contributed by atoms with Gasteiger partial charge in [-0.3, -0.25) is 0 Å². The Kier molecular flexibility index (Phi) is 5.98. The highest BCUT2D eigenvalue weighted by atomic mass is 32.2. The fourth-order valence-electron chi connectivity index (χ4n) is 2.75. The lowest BCUT2D eigenvalue weighted by atomic mass is 9.94. The summed E-state index contributed by atoms with van der Waals surface area (Å²) in [6.07, 6.45) is 1.57. The van der Waals surface area contributed by atoms with E-state index in [2.05, 4.69) is 26.1 Å². The number of hydrogen-bond acceptors (Lipinski definition) is 3. The summed E-state index contributed by atoms with van der Waals surface area (Å²) >= 11 is 1.81. The van der Waals surface area contributed by atoms with E-state index in [0.717, 1.165) is 25.1 Å². The maximum absolute atomic E-state index is 12.4. The highest BCUT2D eigenvalue weighted by Gasteiger charge is 2.26. The van der Waals surface area contributed by atoms with Crippen LogP contribution in [0.25, 0.3) is 0 Å². The number of aliphatic hydroxyl groups excluding tert-OH is 1. The summed E-state index contributed by atoms with van der Waals surface area (Å²) in [6.45, 7) is 9.74. The number of amides is 2. The largest absolute Gasteiger partial charge is 0.393 e. The molecular formula is C18H28N2O2S. The maximum atomic E-state index is 12.4. The summed E-state index contributed by atoms with van der Waals surface area (Å²) in [6, 6.07) is 7.90. The molecular weight excluding hydrogens is 308 g/mol. The van der Waals surface area contributed by atoms with Crippen LogP contribution < -0.4 is 5.32 Å². The van der Waals surface area contributed by atoms with Crippen molar-refractivity contribution >= 4 is 23.5 Å². The first-order valence-electron chi connectivity index (χ1n) is 8.28. The molecule has 1 aromatic rings. The first-order chi connectivity index (χ1) is 10.7. The normalized spacial score (nSPS) is 20.2. The zero-order valence-electron chi connectivity index (χ0n) is 14.5. The minimum absolute atomic E-state index is 0.0772. The molecule has 128 valence electrons. The number of rotatable bonds is 3. The summed E-state index contributed by atoms with van der Waals surface area (Å²) in [5, 5.41) is 12.7. The summed E-state index contributed by atoms with van der Waals surface area (Å²) in [4.78, 5) is 15.4. The number of thioether (sulfide) groups is 1. The van der Waals surface area contributed by atoms with E-state index in [4.69, 9.17) is 0 Å². The average molecular weight is 337 g/mol. The van der Waals surface area contributed by atoms with E-state index in [1.165, 1.54) is 4.90 Å².